The van der Waals surface area contributed by atoms with Crippen LogP contribution in [-0.2, 0) is 0 Å². The van der Waals surface area contributed by atoms with Crippen molar-refractivity contribution in [3.05, 3.63) is 41.5 Å². The number of para-hydroxylation sites is 2. The molecule has 24 heavy (non-hydrogen) atoms. The number of aromatic nitrogens is 2. The van der Waals surface area contributed by atoms with Crippen molar-refractivity contribution in [2.24, 2.45) is 0 Å². The van der Waals surface area contributed by atoms with Crippen molar-refractivity contribution in [1.29, 1.82) is 5.26 Å². The van der Waals surface area contributed by atoms with Crippen LogP contribution in [0.1, 0.15) is 17.5 Å². The van der Waals surface area contributed by atoms with Gasteiger partial charge >= 0.3 is 0 Å². The first-order valence-corrected chi connectivity index (χ1v) is 8.43. The monoisotopic (exact) mass is 319 g/mol. The molecule has 122 valence electrons. The van der Waals surface area contributed by atoms with Crippen LogP contribution in [0.2, 0.25) is 0 Å². The van der Waals surface area contributed by atoms with E-state index in [2.05, 4.69) is 39.5 Å². The molecular weight excluding hydrogens is 298 g/mol. The van der Waals surface area contributed by atoms with E-state index in [4.69, 9.17) is 4.98 Å². The summed E-state index contributed by atoms with van der Waals surface area (Å²) in [6, 6.07) is 12.6. The van der Waals surface area contributed by atoms with Gasteiger partial charge in [-0.1, -0.05) is 12.1 Å². The summed E-state index contributed by atoms with van der Waals surface area (Å²) in [6.07, 6.45) is 1.14. The Hall–Kier alpha value is -2.58. The fraction of sp³-hybridized carbons (Fsp3) is 0.368. The zero-order valence-electron chi connectivity index (χ0n) is 14.2. The van der Waals surface area contributed by atoms with Crippen LogP contribution in [0.3, 0.4) is 0 Å². The second-order valence-corrected chi connectivity index (χ2v) is 6.58. The van der Waals surface area contributed by atoms with Gasteiger partial charge in [0.1, 0.15) is 11.9 Å². The van der Waals surface area contributed by atoms with Gasteiger partial charge < -0.3 is 9.80 Å². The van der Waals surface area contributed by atoms with E-state index < -0.39 is 0 Å². The standard InChI is InChI=1S/C19H21N5/c1-14-12-18(23-9-5-8-22(2)10-11-23)24-17-7-4-3-6-16(17)21-19(24)15(14)13-20/h3-4,6-7,12H,5,8-11H2,1-2H3. The first kappa shape index (κ1) is 15.0. The Labute approximate surface area is 141 Å². The molecule has 1 saturated heterocycles. The smallest absolute Gasteiger partial charge is 0.157 e. The highest BCUT2D eigenvalue weighted by atomic mass is 15.3. The summed E-state index contributed by atoms with van der Waals surface area (Å²) < 4.78 is 2.16. The number of fused-ring (bicyclic) bond motifs is 3. The molecule has 0 unspecified atom stereocenters. The predicted molar refractivity (Wildman–Crippen MR) is 96.5 cm³/mol. The van der Waals surface area contributed by atoms with E-state index in [-0.39, 0.29) is 0 Å². The normalized spacial score (nSPS) is 16.5. The lowest BCUT2D eigenvalue weighted by Gasteiger charge is -2.25. The Morgan fingerprint density at radius 3 is 2.79 bits per heavy atom. The molecule has 0 saturated carbocycles. The molecule has 4 rings (SSSR count). The quantitative estimate of drug-likeness (QED) is 0.692. The highest BCUT2D eigenvalue weighted by molar-refractivity contribution is 5.85. The first-order chi connectivity index (χ1) is 11.7. The molecule has 1 fully saturated rings. The van der Waals surface area contributed by atoms with Crippen LogP contribution in [0.5, 0.6) is 0 Å². The number of pyridine rings is 1. The lowest BCUT2D eigenvalue weighted by molar-refractivity contribution is 0.360. The second-order valence-electron chi connectivity index (χ2n) is 6.58. The summed E-state index contributed by atoms with van der Waals surface area (Å²) in [5, 5.41) is 9.60. The summed E-state index contributed by atoms with van der Waals surface area (Å²) >= 11 is 0. The zero-order chi connectivity index (χ0) is 16.7. The van der Waals surface area contributed by atoms with Crippen LogP contribution in [0.25, 0.3) is 16.7 Å². The molecule has 0 aliphatic carbocycles. The summed E-state index contributed by atoms with van der Waals surface area (Å²) in [5.41, 5.74) is 4.44. The molecule has 3 aromatic rings. The minimum absolute atomic E-state index is 0.668. The van der Waals surface area contributed by atoms with E-state index in [0.29, 0.717) is 5.56 Å². The van der Waals surface area contributed by atoms with Gasteiger partial charge in [-0.25, -0.2) is 4.98 Å². The van der Waals surface area contributed by atoms with Crippen LogP contribution in [0.15, 0.2) is 30.3 Å². The van der Waals surface area contributed by atoms with Crippen molar-refractivity contribution >= 4 is 22.5 Å². The Bertz CT molecular complexity index is 950. The van der Waals surface area contributed by atoms with Crippen molar-refractivity contribution in [3.63, 3.8) is 0 Å². The molecule has 3 heterocycles. The molecule has 5 heteroatoms. The van der Waals surface area contributed by atoms with E-state index in [1.807, 2.05) is 25.1 Å². The minimum atomic E-state index is 0.668. The van der Waals surface area contributed by atoms with E-state index in [9.17, 15) is 5.26 Å². The molecule has 1 aliphatic rings. The number of nitrogens with zero attached hydrogens (tertiary/aromatic N) is 5. The number of rotatable bonds is 1. The third-order valence-corrected chi connectivity index (χ3v) is 4.91. The Morgan fingerprint density at radius 1 is 1.12 bits per heavy atom. The van der Waals surface area contributed by atoms with Gasteiger partial charge in [-0.05, 0) is 50.7 Å². The lowest BCUT2D eigenvalue weighted by atomic mass is 10.1. The summed E-state index contributed by atoms with van der Waals surface area (Å²) in [6.45, 7) is 6.19. The maximum atomic E-state index is 9.60. The van der Waals surface area contributed by atoms with Gasteiger partial charge in [-0.2, -0.15) is 5.26 Å². The van der Waals surface area contributed by atoms with Crippen LogP contribution < -0.4 is 4.90 Å². The molecule has 0 radical (unpaired) electrons. The number of nitriles is 1. The lowest BCUT2D eigenvalue weighted by Crippen LogP contribution is -2.30. The van der Waals surface area contributed by atoms with E-state index >= 15 is 0 Å². The molecule has 0 amide bonds. The van der Waals surface area contributed by atoms with Crippen molar-refractivity contribution in [2.45, 2.75) is 13.3 Å². The number of aryl methyl sites for hydroxylation is 1. The average molecular weight is 319 g/mol. The number of hydrogen-bond acceptors (Lipinski definition) is 4. The van der Waals surface area contributed by atoms with E-state index in [1.165, 1.54) is 0 Å². The highest BCUT2D eigenvalue weighted by Gasteiger charge is 2.20. The van der Waals surface area contributed by atoms with Gasteiger partial charge in [-0.15, -0.1) is 0 Å². The maximum absolute atomic E-state index is 9.60. The predicted octanol–water partition coefficient (Wildman–Crippen LogP) is 2.81. The van der Waals surface area contributed by atoms with Gasteiger partial charge in [0, 0.05) is 19.6 Å². The number of hydrogen-bond donors (Lipinski definition) is 0. The molecule has 1 aliphatic heterocycles. The van der Waals surface area contributed by atoms with Gasteiger partial charge in [0.05, 0.1) is 16.6 Å². The Morgan fingerprint density at radius 2 is 1.96 bits per heavy atom. The van der Waals surface area contributed by atoms with Gasteiger partial charge in [0.2, 0.25) is 0 Å². The molecule has 2 aromatic heterocycles. The van der Waals surface area contributed by atoms with E-state index in [0.717, 1.165) is 60.7 Å². The molecule has 0 atom stereocenters. The van der Waals surface area contributed by atoms with Crippen LogP contribution in [0, 0.1) is 18.3 Å². The van der Waals surface area contributed by atoms with Crippen molar-refractivity contribution in [3.8, 4) is 6.07 Å². The molecule has 0 spiro atoms. The molecule has 0 bridgehead atoms. The number of imidazole rings is 1. The fourth-order valence-corrected chi connectivity index (χ4v) is 3.58. The molecule has 1 aromatic carbocycles. The van der Waals surface area contributed by atoms with Crippen LogP contribution >= 0.6 is 0 Å². The number of anilines is 1. The van der Waals surface area contributed by atoms with Crippen LogP contribution in [-0.4, -0.2) is 47.5 Å². The van der Waals surface area contributed by atoms with Crippen molar-refractivity contribution < 1.29 is 0 Å². The SMILES string of the molecule is Cc1cc(N2CCCN(C)CC2)n2c(nc3ccccc32)c1C#N. The largest absolute Gasteiger partial charge is 0.356 e. The highest BCUT2D eigenvalue weighted by Crippen LogP contribution is 2.29. The Kier molecular flexibility index (Phi) is 3.62. The minimum Gasteiger partial charge on any atom is -0.356 e. The maximum Gasteiger partial charge on any atom is 0.157 e. The summed E-state index contributed by atoms with van der Waals surface area (Å²) in [5.74, 6) is 1.14. The van der Waals surface area contributed by atoms with Gasteiger partial charge in [0.25, 0.3) is 0 Å². The van der Waals surface area contributed by atoms with Crippen molar-refractivity contribution in [2.75, 3.05) is 38.1 Å². The average Bonchev–Trinajstić information content (AvgIpc) is 2.82. The molecule has 0 N–H and O–H groups in total. The third kappa shape index (κ3) is 2.31. The fourth-order valence-electron chi connectivity index (χ4n) is 3.58. The summed E-state index contributed by atoms with van der Waals surface area (Å²) in [7, 11) is 2.18. The second kappa shape index (κ2) is 5.81. The van der Waals surface area contributed by atoms with Gasteiger partial charge in [-0.3, -0.25) is 4.40 Å². The Balaban J connectivity index is 1.99. The van der Waals surface area contributed by atoms with Crippen molar-refractivity contribution in [1.82, 2.24) is 14.3 Å². The first-order valence-electron chi connectivity index (χ1n) is 8.43. The topological polar surface area (TPSA) is 47.6 Å². The number of benzene rings is 1. The number of likely N-dealkylation sites (N-methyl/N-ethyl adjacent to an activating group) is 1. The zero-order valence-corrected chi connectivity index (χ0v) is 14.2. The van der Waals surface area contributed by atoms with Gasteiger partial charge in [0.15, 0.2) is 5.65 Å². The van der Waals surface area contributed by atoms with Crippen LogP contribution in [0.4, 0.5) is 5.82 Å². The van der Waals surface area contributed by atoms with E-state index in [1.54, 1.807) is 0 Å². The summed E-state index contributed by atoms with van der Waals surface area (Å²) in [4.78, 5) is 9.55. The third-order valence-electron chi connectivity index (χ3n) is 4.91. The molecular formula is C19H21N5. The molecule has 5 nitrogen and oxygen atoms in total.